The molecule has 1 N–H and O–H groups in total. The second kappa shape index (κ2) is 6.87. The Morgan fingerprint density at radius 1 is 1.20 bits per heavy atom. The Morgan fingerprint density at radius 2 is 1.95 bits per heavy atom. The van der Waals surface area contributed by atoms with E-state index < -0.39 is 0 Å². The molecule has 102 valence electrons. The summed E-state index contributed by atoms with van der Waals surface area (Å²) in [6.45, 7) is 0.360. The van der Waals surface area contributed by atoms with Crippen molar-refractivity contribution < 1.29 is 9.18 Å². The molecule has 0 saturated heterocycles. The summed E-state index contributed by atoms with van der Waals surface area (Å²) in [5.74, 6) is -0.504. The fraction of sp³-hybridized carbons (Fsp3) is 0.0625. The minimum atomic E-state index is -0.291. The maximum Gasteiger partial charge on any atom is 0.244 e. The number of nitrogens with one attached hydrogen (secondary N) is 1. The number of carbonyl (C=O) groups is 1. The Balaban J connectivity index is 1.88. The van der Waals surface area contributed by atoms with Crippen LogP contribution >= 0.6 is 11.6 Å². The Kier molecular flexibility index (Phi) is 4.91. The largest absolute Gasteiger partial charge is 0.348 e. The van der Waals surface area contributed by atoms with E-state index in [9.17, 15) is 9.18 Å². The summed E-state index contributed by atoms with van der Waals surface area (Å²) in [6.07, 6.45) is 3.13. The molecule has 2 aromatic carbocycles. The van der Waals surface area contributed by atoms with Crippen molar-refractivity contribution in [3.63, 3.8) is 0 Å². The van der Waals surface area contributed by atoms with Crippen molar-refractivity contribution >= 4 is 23.6 Å². The van der Waals surface area contributed by atoms with Crippen LogP contribution in [-0.4, -0.2) is 5.91 Å². The van der Waals surface area contributed by atoms with Crippen LogP contribution in [0, 0.1) is 5.82 Å². The van der Waals surface area contributed by atoms with Gasteiger partial charge in [-0.1, -0.05) is 35.9 Å². The predicted molar refractivity (Wildman–Crippen MR) is 78.7 cm³/mol. The molecule has 0 aromatic heterocycles. The number of hydrogen-bond acceptors (Lipinski definition) is 1. The molecular weight excluding hydrogens is 277 g/mol. The van der Waals surface area contributed by atoms with Gasteiger partial charge in [-0.2, -0.15) is 0 Å². The zero-order valence-corrected chi connectivity index (χ0v) is 11.4. The van der Waals surface area contributed by atoms with E-state index in [-0.39, 0.29) is 11.7 Å². The Hall–Kier alpha value is -2.13. The summed E-state index contributed by atoms with van der Waals surface area (Å²) in [5.41, 5.74) is 1.70. The summed E-state index contributed by atoms with van der Waals surface area (Å²) >= 11 is 5.85. The van der Waals surface area contributed by atoms with Gasteiger partial charge in [-0.3, -0.25) is 4.79 Å². The first-order valence-electron chi connectivity index (χ1n) is 6.09. The van der Waals surface area contributed by atoms with Crippen LogP contribution in [0.4, 0.5) is 4.39 Å². The second-order valence-corrected chi connectivity index (χ2v) is 4.67. The van der Waals surface area contributed by atoms with Crippen molar-refractivity contribution in [1.29, 1.82) is 0 Å². The maximum atomic E-state index is 12.7. The molecule has 2 nitrogen and oxygen atoms in total. The van der Waals surface area contributed by atoms with Crippen molar-refractivity contribution in [2.24, 2.45) is 0 Å². The lowest BCUT2D eigenvalue weighted by atomic mass is 10.2. The van der Waals surface area contributed by atoms with Crippen LogP contribution in [0.3, 0.4) is 0 Å². The molecule has 0 saturated carbocycles. The van der Waals surface area contributed by atoms with E-state index in [0.29, 0.717) is 11.6 Å². The molecule has 0 unspecified atom stereocenters. The lowest BCUT2D eigenvalue weighted by molar-refractivity contribution is -0.116. The summed E-state index contributed by atoms with van der Waals surface area (Å²) in [7, 11) is 0. The maximum absolute atomic E-state index is 12.7. The molecule has 2 aromatic rings. The quantitative estimate of drug-likeness (QED) is 0.852. The summed E-state index contributed by atoms with van der Waals surface area (Å²) in [6, 6.07) is 13.2. The van der Waals surface area contributed by atoms with Gasteiger partial charge in [0, 0.05) is 17.6 Å². The summed E-state index contributed by atoms with van der Waals surface area (Å²) < 4.78 is 12.7. The molecule has 0 atom stereocenters. The molecule has 0 spiro atoms. The lowest BCUT2D eigenvalue weighted by Gasteiger charge is -2.02. The molecule has 0 radical (unpaired) electrons. The highest BCUT2D eigenvalue weighted by Crippen LogP contribution is 2.11. The van der Waals surface area contributed by atoms with Gasteiger partial charge in [0.15, 0.2) is 0 Å². The van der Waals surface area contributed by atoms with Crippen LogP contribution < -0.4 is 5.32 Å². The highest BCUT2D eigenvalue weighted by molar-refractivity contribution is 6.30. The fourth-order valence-corrected chi connectivity index (χ4v) is 1.83. The highest BCUT2D eigenvalue weighted by atomic mass is 35.5. The first-order chi connectivity index (χ1) is 9.63. The molecule has 0 heterocycles. The standard InChI is InChI=1S/C16H13ClFNO/c17-14-3-1-2-12(10-14)6-9-16(20)19-11-13-4-7-15(18)8-5-13/h1-10H,11H2,(H,19,20)/b9-6+. The highest BCUT2D eigenvalue weighted by Gasteiger charge is 1.97. The first kappa shape index (κ1) is 14.3. The van der Waals surface area contributed by atoms with E-state index in [2.05, 4.69) is 5.32 Å². The minimum absolute atomic E-state index is 0.214. The second-order valence-electron chi connectivity index (χ2n) is 4.23. The van der Waals surface area contributed by atoms with Gasteiger partial charge in [0.1, 0.15) is 5.82 Å². The third-order valence-corrected chi connectivity index (χ3v) is 2.89. The van der Waals surface area contributed by atoms with Gasteiger partial charge in [0.25, 0.3) is 0 Å². The zero-order valence-electron chi connectivity index (χ0n) is 10.6. The Bertz CT molecular complexity index is 623. The van der Waals surface area contributed by atoms with E-state index in [1.54, 1.807) is 30.3 Å². The molecule has 0 bridgehead atoms. The van der Waals surface area contributed by atoms with Crippen LogP contribution in [0.25, 0.3) is 6.08 Å². The average molecular weight is 290 g/mol. The smallest absolute Gasteiger partial charge is 0.244 e. The van der Waals surface area contributed by atoms with Crippen LogP contribution in [0.15, 0.2) is 54.6 Å². The van der Waals surface area contributed by atoms with Crippen LogP contribution in [0.5, 0.6) is 0 Å². The molecule has 0 aliphatic carbocycles. The average Bonchev–Trinajstić information content (AvgIpc) is 2.45. The minimum Gasteiger partial charge on any atom is -0.348 e. The van der Waals surface area contributed by atoms with Crippen LogP contribution in [-0.2, 0) is 11.3 Å². The van der Waals surface area contributed by atoms with Crippen molar-refractivity contribution in [3.05, 3.63) is 76.6 Å². The van der Waals surface area contributed by atoms with E-state index in [0.717, 1.165) is 11.1 Å². The van der Waals surface area contributed by atoms with Crippen molar-refractivity contribution in [1.82, 2.24) is 5.32 Å². The summed E-state index contributed by atoms with van der Waals surface area (Å²) in [4.78, 5) is 11.6. The monoisotopic (exact) mass is 289 g/mol. The molecular formula is C16H13ClFNO. The van der Waals surface area contributed by atoms with Gasteiger partial charge < -0.3 is 5.32 Å². The molecule has 0 aliphatic heterocycles. The number of rotatable bonds is 4. The number of benzene rings is 2. The first-order valence-corrected chi connectivity index (χ1v) is 6.47. The molecule has 2 rings (SSSR count). The van der Waals surface area contributed by atoms with Crippen molar-refractivity contribution in [3.8, 4) is 0 Å². The van der Waals surface area contributed by atoms with Gasteiger partial charge in [0.05, 0.1) is 0 Å². The third-order valence-electron chi connectivity index (χ3n) is 2.66. The zero-order chi connectivity index (χ0) is 14.4. The third kappa shape index (κ3) is 4.52. The molecule has 20 heavy (non-hydrogen) atoms. The molecule has 4 heteroatoms. The van der Waals surface area contributed by atoms with Crippen molar-refractivity contribution in [2.75, 3.05) is 0 Å². The number of halogens is 2. The van der Waals surface area contributed by atoms with Gasteiger partial charge in [0.2, 0.25) is 5.91 Å². The fourth-order valence-electron chi connectivity index (χ4n) is 1.63. The number of amides is 1. The van der Waals surface area contributed by atoms with Gasteiger partial charge in [-0.05, 0) is 41.5 Å². The Morgan fingerprint density at radius 3 is 2.65 bits per heavy atom. The predicted octanol–water partition coefficient (Wildman–Crippen LogP) is 3.81. The molecule has 0 fully saturated rings. The normalized spacial score (nSPS) is 10.7. The van der Waals surface area contributed by atoms with E-state index in [1.807, 2.05) is 12.1 Å². The van der Waals surface area contributed by atoms with E-state index in [1.165, 1.54) is 18.2 Å². The van der Waals surface area contributed by atoms with Crippen LogP contribution in [0.2, 0.25) is 5.02 Å². The molecule has 1 amide bonds. The lowest BCUT2D eigenvalue weighted by Crippen LogP contribution is -2.20. The molecule has 0 aliphatic rings. The van der Waals surface area contributed by atoms with Gasteiger partial charge in [-0.15, -0.1) is 0 Å². The summed E-state index contributed by atoms with van der Waals surface area (Å²) in [5, 5.41) is 3.35. The van der Waals surface area contributed by atoms with Gasteiger partial charge >= 0.3 is 0 Å². The van der Waals surface area contributed by atoms with E-state index in [4.69, 9.17) is 11.6 Å². The van der Waals surface area contributed by atoms with E-state index >= 15 is 0 Å². The SMILES string of the molecule is O=C(/C=C/c1cccc(Cl)c1)NCc1ccc(F)cc1. The van der Waals surface area contributed by atoms with Crippen molar-refractivity contribution in [2.45, 2.75) is 6.54 Å². The topological polar surface area (TPSA) is 29.1 Å². The number of carbonyl (C=O) groups excluding carboxylic acids is 1. The Labute approximate surface area is 121 Å². The number of hydrogen-bond donors (Lipinski definition) is 1. The van der Waals surface area contributed by atoms with Crippen LogP contribution in [0.1, 0.15) is 11.1 Å². The van der Waals surface area contributed by atoms with Gasteiger partial charge in [-0.25, -0.2) is 4.39 Å².